The van der Waals surface area contributed by atoms with Crippen LogP contribution < -0.4 is 5.73 Å². The van der Waals surface area contributed by atoms with E-state index in [2.05, 4.69) is 0 Å². The van der Waals surface area contributed by atoms with E-state index in [0.29, 0.717) is 12.3 Å². The van der Waals surface area contributed by atoms with Crippen LogP contribution in [0.2, 0.25) is 0 Å². The van der Waals surface area contributed by atoms with Crippen molar-refractivity contribution >= 4 is 5.97 Å². The molecule has 104 valence electrons. The highest BCUT2D eigenvalue weighted by Gasteiger charge is 2.25. The van der Waals surface area contributed by atoms with E-state index < -0.39 is 24.2 Å². The molecule has 1 saturated carbocycles. The summed E-state index contributed by atoms with van der Waals surface area (Å²) in [6, 6.07) is -0.512. The van der Waals surface area contributed by atoms with Gasteiger partial charge in [0, 0.05) is 12.1 Å². The second-order valence-corrected chi connectivity index (χ2v) is 5.08. The molecule has 5 heteroatoms. The third-order valence-corrected chi connectivity index (χ3v) is 3.55. The van der Waals surface area contributed by atoms with Crippen molar-refractivity contribution in [3.8, 4) is 0 Å². The number of aliphatic carboxylic acids is 1. The summed E-state index contributed by atoms with van der Waals surface area (Å²) in [6.45, 7) is 0. The van der Waals surface area contributed by atoms with Crippen LogP contribution in [0.25, 0.3) is 0 Å². The number of hydrogen-bond acceptors (Lipinski definition) is 4. The van der Waals surface area contributed by atoms with Crippen molar-refractivity contribution in [2.24, 2.45) is 11.7 Å². The van der Waals surface area contributed by atoms with Gasteiger partial charge in [-0.2, -0.15) is 0 Å². The Balaban J connectivity index is 2.39. The van der Waals surface area contributed by atoms with Gasteiger partial charge >= 0.3 is 5.97 Å². The first kappa shape index (κ1) is 15.1. The lowest BCUT2D eigenvalue weighted by Gasteiger charge is -2.28. The van der Waals surface area contributed by atoms with Gasteiger partial charge in [0.2, 0.25) is 0 Å². The van der Waals surface area contributed by atoms with Crippen molar-refractivity contribution < 1.29 is 20.1 Å². The summed E-state index contributed by atoms with van der Waals surface area (Å²) in [7, 11) is 0. The van der Waals surface area contributed by atoms with Gasteiger partial charge in [-0.05, 0) is 18.4 Å². The first-order valence-corrected chi connectivity index (χ1v) is 6.53. The molecule has 0 aromatic rings. The Morgan fingerprint density at radius 1 is 1.28 bits per heavy atom. The molecule has 0 heterocycles. The molecule has 0 aromatic carbocycles. The number of carbonyl (C=O) groups is 1. The van der Waals surface area contributed by atoms with E-state index in [1.165, 1.54) is 19.3 Å². The third kappa shape index (κ3) is 5.16. The van der Waals surface area contributed by atoms with Gasteiger partial charge in [-0.1, -0.05) is 32.1 Å². The average molecular weight is 257 g/mol. The third-order valence-electron chi connectivity index (χ3n) is 3.55. The second kappa shape index (κ2) is 7.51. The zero-order chi connectivity index (χ0) is 13.5. The number of carboxylic acid groups (broad SMARTS) is 1. The Morgan fingerprint density at radius 3 is 2.44 bits per heavy atom. The van der Waals surface area contributed by atoms with Crippen LogP contribution in [0, 0.1) is 5.92 Å². The molecule has 0 aliphatic heterocycles. The van der Waals surface area contributed by atoms with Crippen molar-refractivity contribution in [1.29, 1.82) is 0 Å². The zero-order valence-electron chi connectivity index (χ0n) is 10.5. The quantitative estimate of drug-likeness (QED) is 0.523. The first-order chi connectivity index (χ1) is 8.50. The van der Waals surface area contributed by atoms with Crippen LogP contribution in [0.15, 0.2) is 12.2 Å². The lowest BCUT2D eigenvalue weighted by atomic mass is 9.83. The van der Waals surface area contributed by atoms with Crippen LogP contribution in [0.3, 0.4) is 0 Å². The number of hydrogen-bond donors (Lipinski definition) is 4. The number of rotatable bonds is 6. The first-order valence-electron chi connectivity index (χ1n) is 6.53. The van der Waals surface area contributed by atoms with E-state index in [9.17, 15) is 15.0 Å². The number of nitrogens with two attached hydrogens (primary N) is 1. The topological polar surface area (TPSA) is 104 Å². The zero-order valence-corrected chi connectivity index (χ0v) is 10.5. The highest BCUT2D eigenvalue weighted by atomic mass is 16.4. The fourth-order valence-corrected chi connectivity index (χ4v) is 2.50. The van der Waals surface area contributed by atoms with Gasteiger partial charge in [0.05, 0.1) is 6.10 Å². The Hall–Kier alpha value is -0.910. The molecule has 18 heavy (non-hydrogen) atoms. The van der Waals surface area contributed by atoms with Crippen molar-refractivity contribution in [2.45, 2.75) is 56.8 Å². The minimum absolute atomic E-state index is 0.512. The molecule has 3 atom stereocenters. The maximum atomic E-state index is 10.3. The molecule has 0 bridgehead atoms. The Labute approximate surface area is 107 Å². The molecule has 0 unspecified atom stereocenters. The maximum Gasteiger partial charge on any atom is 0.328 e. The van der Waals surface area contributed by atoms with Crippen molar-refractivity contribution in [3.05, 3.63) is 12.2 Å². The van der Waals surface area contributed by atoms with Gasteiger partial charge in [0.15, 0.2) is 0 Å². The van der Waals surface area contributed by atoms with Crippen LogP contribution in [0.1, 0.15) is 38.5 Å². The Bertz CT molecular complexity index is 287. The van der Waals surface area contributed by atoms with Crippen LogP contribution in [-0.2, 0) is 4.79 Å². The van der Waals surface area contributed by atoms with E-state index in [0.717, 1.165) is 25.0 Å². The summed E-state index contributed by atoms with van der Waals surface area (Å²) in [4.78, 5) is 10.3. The van der Waals surface area contributed by atoms with Crippen molar-refractivity contribution in [1.82, 2.24) is 0 Å². The van der Waals surface area contributed by atoms with E-state index in [-0.39, 0.29) is 0 Å². The normalized spacial score (nSPS) is 22.8. The Kier molecular flexibility index (Phi) is 6.32. The summed E-state index contributed by atoms with van der Waals surface area (Å²) >= 11 is 0. The lowest BCUT2D eigenvalue weighted by Crippen LogP contribution is -2.43. The molecule has 1 aliphatic carbocycles. The smallest absolute Gasteiger partial charge is 0.328 e. The average Bonchev–Trinajstić information content (AvgIpc) is 2.36. The van der Waals surface area contributed by atoms with E-state index >= 15 is 0 Å². The van der Waals surface area contributed by atoms with Gasteiger partial charge in [0.1, 0.15) is 6.10 Å². The fraction of sp³-hybridized carbons (Fsp3) is 0.769. The molecule has 1 rings (SSSR count). The summed E-state index contributed by atoms with van der Waals surface area (Å²) in [5.74, 6) is -0.638. The van der Waals surface area contributed by atoms with Crippen LogP contribution in [0.4, 0.5) is 0 Å². The fourth-order valence-electron chi connectivity index (χ4n) is 2.50. The summed E-state index contributed by atoms with van der Waals surface area (Å²) < 4.78 is 0. The molecule has 5 nitrogen and oxygen atoms in total. The molecule has 0 saturated heterocycles. The molecule has 0 aromatic heterocycles. The van der Waals surface area contributed by atoms with Gasteiger partial charge < -0.3 is 21.1 Å². The van der Waals surface area contributed by atoms with Crippen LogP contribution >= 0.6 is 0 Å². The monoisotopic (exact) mass is 257 g/mol. The minimum Gasteiger partial charge on any atom is -0.478 e. The van der Waals surface area contributed by atoms with Crippen molar-refractivity contribution in [2.75, 3.05) is 0 Å². The predicted octanol–water partition coefficient (Wildman–Crippen LogP) is 0.647. The van der Waals surface area contributed by atoms with Crippen LogP contribution in [-0.4, -0.2) is 39.5 Å². The summed E-state index contributed by atoms with van der Waals surface area (Å²) in [5, 5.41) is 27.8. The van der Waals surface area contributed by atoms with Gasteiger partial charge in [-0.25, -0.2) is 4.79 Å². The van der Waals surface area contributed by atoms with Gasteiger partial charge in [-0.15, -0.1) is 0 Å². The van der Waals surface area contributed by atoms with E-state index in [1.807, 2.05) is 0 Å². The largest absolute Gasteiger partial charge is 0.478 e. The van der Waals surface area contributed by atoms with Gasteiger partial charge in [-0.3, -0.25) is 0 Å². The van der Waals surface area contributed by atoms with Crippen LogP contribution in [0.5, 0.6) is 0 Å². The van der Waals surface area contributed by atoms with Gasteiger partial charge in [0.25, 0.3) is 0 Å². The second-order valence-electron chi connectivity index (χ2n) is 5.08. The number of aliphatic hydroxyl groups is 2. The molecule has 0 spiro atoms. The molecule has 5 N–H and O–H groups in total. The number of aliphatic hydroxyl groups excluding tert-OH is 2. The highest BCUT2D eigenvalue weighted by molar-refractivity contribution is 5.79. The van der Waals surface area contributed by atoms with E-state index in [4.69, 9.17) is 10.8 Å². The molecule has 0 amide bonds. The summed E-state index contributed by atoms with van der Waals surface area (Å²) in [5.41, 5.74) is 5.86. The van der Waals surface area contributed by atoms with E-state index in [1.54, 1.807) is 0 Å². The molecule has 1 aliphatic rings. The van der Waals surface area contributed by atoms with Crippen molar-refractivity contribution in [3.63, 3.8) is 0 Å². The molecular formula is C13H23NO4. The molecule has 1 fully saturated rings. The number of carboxylic acids is 1. The molecular weight excluding hydrogens is 234 g/mol. The predicted molar refractivity (Wildman–Crippen MR) is 68.0 cm³/mol. The maximum absolute atomic E-state index is 10.3. The standard InChI is InChI=1S/C13H23NO4/c14-10(8-9-4-2-1-3-5-9)13(18)11(15)6-7-12(16)17/h6-7,9-11,13,15,18H,1-5,8,14H2,(H,16,17)/t10-,11-,13+/m0/s1. The highest BCUT2D eigenvalue weighted by Crippen LogP contribution is 2.27. The SMILES string of the molecule is N[C@@H](CC1CCCCC1)[C@@H](O)[C@@H](O)C=CC(=O)O. The Morgan fingerprint density at radius 2 is 1.89 bits per heavy atom. The summed E-state index contributed by atoms with van der Waals surface area (Å²) in [6.07, 6.45) is 6.15. The molecule has 0 radical (unpaired) electrons. The lowest BCUT2D eigenvalue weighted by molar-refractivity contribution is -0.131. The minimum atomic E-state index is -1.22.